The molecule has 1 saturated heterocycles. The van der Waals surface area contributed by atoms with Crippen molar-refractivity contribution in [3.63, 3.8) is 0 Å². The normalized spacial score (nSPS) is 18.0. The largest absolute Gasteiger partial charge is 0.369 e. The molecule has 0 amide bonds. The van der Waals surface area contributed by atoms with Gasteiger partial charge in [0.1, 0.15) is 0 Å². The highest BCUT2D eigenvalue weighted by molar-refractivity contribution is 9.10. The Morgan fingerprint density at radius 1 is 1.16 bits per heavy atom. The molecule has 0 spiro atoms. The fourth-order valence-electron chi connectivity index (χ4n) is 2.08. The SMILES string of the molecule is CN(C)S(=O)(=O)N1CCN(c2cccc(Br)c2)CC1. The first kappa shape index (κ1) is 14.8. The highest BCUT2D eigenvalue weighted by atomic mass is 79.9. The average molecular weight is 348 g/mol. The summed E-state index contributed by atoms with van der Waals surface area (Å²) in [5.74, 6) is 0. The van der Waals surface area contributed by atoms with E-state index in [-0.39, 0.29) is 0 Å². The van der Waals surface area contributed by atoms with E-state index >= 15 is 0 Å². The molecule has 1 aromatic rings. The van der Waals surface area contributed by atoms with E-state index in [4.69, 9.17) is 0 Å². The molecule has 0 saturated carbocycles. The fourth-order valence-corrected chi connectivity index (χ4v) is 3.55. The highest BCUT2D eigenvalue weighted by Gasteiger charge is 2.28. The zero-order chi connectivity index (χ0) is 14.0. The third-order valence-electron chi connectivity index (χ3n) is 3.20. The smallest absolute Gasteiger partial charge is 0.281 e. The van der Waals surface area contributed by atoms with E-state index in [1.807, 2.05) is 18.2 Å². The van der Waals surface area contributed by atoms with Crippen LogP contribution in [0, 0.1) is 0 Å². The van der Waals surface area contributed by atoms with Crippen LogP contribution in [0.2, 0.25) is 0 Å². The number of nitrogens with zero attached hydrogens (tertiary/aromatic N) is 3. The molecule has 19 heavy (non-hydrogen) atoms. The Hall–Kier alpha value is -0.630. The molecule has 7 heteroatoms. The minimum absolute atomic E-state index is 0.521. The van der Waals surface area contributed by atoms with Gasteiger partial charge in [-0.15, -0.1) is 0 Å². The Kier molecular flexibility index (Phi) is 4.50. The molecular weight excluding hydrogens is 330 g/mol. The second-order valence-corrected chi connectivity index (χ2v) is 7.71. The second kappa shape index (κ2) is 5.78. The first-order valence-corrected chi connectivity index (χ1v) is 8.28. The van der Waals surface area contributed by atoms with Crippen molar-refractivity contribution < 1.29 is 8.42 Å². The van der Waals surface area contributed by atoms with Gasteiger partial charge < -0.3 is 4.90 Å². The van der Waals surface area contributed by atoms with Gasteiger partial charge in [-0.05, 0) is 18.2 Å². The summed E-state index contributed by atoms with van der Waals surface area (Å²) in [6.45, 7) is 2.47. The van der Waals surface area contributed by atoms with Gasteiger partial charge in [0.05, 0.1) is 0 Å². The predicted molar refractivity (Wildman–Crippen MR) is 80.5 cm³/mol. The summed E-state index contributed by atoms with van der Waals surface area (Å²) in [5.41, 5.74) is 1.12. The molecule has 0 N–H and O–H groups in total. The summed E-state index contributed by atoms with van der Waals surface area (Å²) >= 11 is 3.45. The van der Waals surface area contributed by atoms with Crippen molar-refractivity contribution in [2.45, 2.75) is 0 Å². The minimum Gasteiger partial charge on any atom is -0.369 e. The van der Waals surface area contributed by atoms with Gasteiger partial charge in [0.2, 0.25) is 0 Å². The van der Waals surface area contributed by atoms with Crippen molar-refractivity contribution in [3.8, 4) is 0 Å². The molecule has 5 nitrogen and oxygen atoms in total. The van der Waals surface area contributed by atoms with Crippen molar-refractivity contribution in [2.75, 3.05) is 45.2 Å². The molecule has 1 heterocycles. The molecule has 0 radical (unpaired) electrons. The summed E-state index contributed by atoms with van der Waals surface area (Å²) < 4.78 is 27.8. The first-order chi connectivity index (χ1) is 8.91. The molecule has 1 aliphatic heterocycles. The first-order valence-electron chi connectivity index (χ1n) is 6.09. The second-order valence-electron chi connectivity index (χ2n) is 4.66. The number of benzene rings is 1. The average Bonchev–Trinajstić information content (AvgIpc) is 2.38. The lowest BCUT2D eigenvalue weighted by Crippen LogP contribution is -2.51. The zero-order valence-electron chi connectivity index (χ0n) is 11.1. The topological polar surface area (TPSA) is 43.9 Å². The Bertz CT molecular complexity index is 540. The maximum atomic E-state index is 12.0. The molecule has 0 aliphatic carbocycles. The Labute approximate surface area is 123 Å². The summed E-state index contributed by atoms with van der Waals surface area (Å²) in [5, 5.41) is 0. The minimum atomic E-state index is -3.28. The van der Waals surface area contributed by atoms with E-state index in [2.05, 4.69) is 26.9 Å². The van der Waals surface area contributed by atoms with Crippen LogP contribution in [-0.2, 0) is 10.2 Å². The van der Waals surface area contributed by atoms with E-state index in [0.29, 0.717) is 26.2 Å². The number of piperazine rings is 1. The summed E-state index contributed by atoms with van der Waals surface area (Å²) in [6.07, 6.45) is 0. The molecule has 2 rings (SSSR count). The maximum Gasteiger partial charge on any atom is 0.281 e. The number of hydrogen-bond acceptors (Lipinski definition) is 3. The molecule has 0 atom stereocenters. The van der Waals surface area contributed by atoms with E-state index in [9.17, 15) is 8.42 Å². The summed E-state index contributed by atoms with van der Waals surface area (Å²) in [7, 11) is -0.152. The summed E-state index contributed by atoms with van der Waals surface area (Å²) in [6, 6.07) is 8.07. The lowest BCUT2D eigenvalue weighted by atomic mass is 10.2. The van der Waals surface area contributed by atoms with Gasteiger partial charge in [-0.1, -0.05) is 22.0 Å². The van der Waals surface area contributed by atoms with Crippen LogP contribution in [0.4, 0.5) is 5.69 Å². The van der Waals surface area contributed by atoms with Crippen molar-refractivity contribution in [1.29, 1.82) is 0 Å². The lowest BCUT2D eigenvalue weighted by Gasteiger charge is -2.36. The molecular formula is C12H18BrN3O2S. The Balaban J connectivity index is 2.04. The van der Waals surface area contributed by atoms with Gasteiger partial charge in [0, 0.05) is 50.4 Å². The third kappa shape index (κ3) is 3.28. The van der Waals surface area contributed by atoms with E-state index in [0.717, 1.165) is 10.2 Å². The van der Waals surface area contributed by atoms with E-state index in [1.165, 1.54) is 8.61 Å². The fraction of sp³-hybridized carbons (Fsp3) is 0.500. The van der Waals surface area contributed by atoms with Crippen LogP contribution in [0.1, 0.15) is 0 Å². The van der Waals surface area contributed by atoms with Gasteiger partial charge >= 0.3 is 0 Å². The maximum absolute atomic E-state index is 12.0. The Morgan fingerprint density at radius 2 is 1.79 bits per heavy atom. The number of rotatable bonds is 3. The third-order valence-corrected chi connectivity index (χ3v) is 5.63. The lowest BCUT2D eigenvalue weighted by molar-refractivity contribution is 0.355. The van der Waals surface area contributed by atoms with Gasteiger partial charge in [0.15, 0.2) is 0 Å². The number of hydrogen-bond donors (Lipinski definition) is 0. The quantitative estimate of drug-likeness (QED) is 0.829. The molecule has 1 aromatic carbocycles. The van der Waals surface area contributed by atoms with Crippen LogP contribution in [0.15, 0.2) is 28.7 Å². The van der Waals surface area contributed by atoms with Crippen LogP contribution in [0.5, 0.6) is 0 Å². The van der Waals surface area contributed by atoms with Crippen LogP contribution in [0.25, 0.3) is 0 Å². The molecule has 0 aromatic heterocycles. The van der Waals surface area contributed by atoms with Crippen molar-refractivity contribution >= 4 is 31.8 Å². The standard InChI is InChI=1S/C12H18BrN3O2S/c1-14(2)19(17,18)16-8-6-15(7-9-16)12-5-3-4-11(13)10-12/h3-5,10H,6-9H2,1-2H3. The van der Waals surface area contributed by atoms with Crippen LogP contribution in [0.3, 0.4) is 0 Å². The number of halogens is 1. The number of anilines is 1. The van der Waals surface area contributed by atoms with Gasteiger partial charge in [-0.25, -0.2) is 0 Å². The van der Waals surface area contributed by atoms with Crippen LogP contribution in [-0.4, -0.2) is 57.3 Å². The van der Waals surface area contributed by atoms with Crippen molar-refractivity contribution in [3.05, 3.63) is 28.7 Å². The van der Waals surface area contributed by atoms with Crippen LogP contribution >= 0.6 is 15.9 Å². The molecule has 0 bridgehead atoms. The van der Waals surface area contributed by atoms with Crippen molar-refractivity contribution in [2.24, 2.45) is 0 Å². The summed E-state index contributed by atoms with van der Waals surface area (Å²) in [4.78, 5) is 2.20. The Morgan fingerprint density at radius 3 is 2.32 bits per heavy atom. The van der Waals surface area contributed by atoms with E-state index < -0.39 is 10.2 Å². The monoisotopic (exact) mass is 347 g/mol. The van der Waals surface area contributed by atoms with E-state index in [1.54, 1.807) is 14.1 Å². The molecule has 0 unspecified atom stereocenters. The zero-order valence-corrected chi connectivity index (χ0v) is 13.5. The van der Waals surface area contributed by atoms with Crippen LogP contribution < -0.4 is 4.90 Å². The molecule has 1 aliphatic rings. The van der Waals surface area contributed by atoms with Gasteiger partial charge in [-0.2, -0.15) is 17.0 Å². The predicted octanol–water partition coefficient (Wildman–Crippen LogP) is 1.38. The van der Waals surface area contributed by atoms with Gasteiger partial charge in [0.25, 0.3) is 10.2 Å². The molecule has 1 fully saturated rings. The van der Waals surface area contributed by atoms with Crippen molar-refractivity contribution in [1.82, 2.24) is 8.61 Å². The van der Waals surface area contributed by atoms with Gasteiger partial charge in [-0.3, -0.25) is 0 Å². The highest BCUT2D eigenvalue weighted by Crippen LogP contribution is 2.22. The molecule has 106 valence electrons.